The van der Waals surface area contributed by atoms with E-state index in [0.717, 1.165) is 21.7 Å². The van der Waals surface area contributed by atoms with Crippen molar-refractivity contribution in [2.75, 3.05) is 5.32 Å². The van der Waals surface area contributed by atoms with Crippen molar-refractivity contribution in [3.8, 4) is 16.8 Å². The molecule has 1 aromatic heterocycles. The van der Waals surface area contributed by atoms with Crippen molar-refractivity contribution in [1.82, 2.24) is 20.2 Å². The Morgan fingerprint density at radius 3 is 2.27 bits per heavy atom. The first-order valence-electron chi connectivity index (χ1n) is 8.23. The Bertz CT molecular complexity index is 996. The van der Waals surface area contributed by atoms with Crippen LogP contribution in [0.25, 0.3) is 16.8 Å². The lowest BCUT2D eigenvalue weighted by Gasteiger charge is -2.09. The minimum absolute atomic E-state index is 0.527. The van der Waals surface area contributed by atoms with Crippen LogP contribution in [0.4, 0.5) is 5.69 Å². The van der Waals surface area contributed by atoms with Crippen LogP contribution in [-0.4, -0.2) is 20.2 Å². The van der Waals surface area contributed by atoms with Crippen molar-refractivity contribution in [3.05, 3.63) is 89.2 Å². The van der Waals surface area contributed by atoms with Gasteiger partial charge in [0.2, 0.25) is 0 Å². The molecule has 128 valence electrons. The molecule has 0 fully saturated rings. The smallest absolute Gasteiger partial charge is 0.175 e. The molecule has 1 heterocycles. The van der Waals surface area contributed by atoms with Gasteiger partial charge in [-0.05, 0) is 61.7 Å². The van der Waals surface area contributed by atoms with Crippen molar-refractivity contribution in [2.45, 2.75) is 6.54 Å². The van der Waals surface area contributed by atoms with E-state index < -0.39 is 0 Å². The molecule has 0 aliphatic rings. The molecule has 4 aromatic rings. The van der Waals surface area contributed by atoms with Gasteiger partial charge < -0.3 is 5.32 Å². The molecule has 0 atom stereocenters. The molecule has 0 unspecified atom stereocenters. The second kappa shape index (κ2) is 7.49. The highest BCUT2D eigenvalue weighted by Crippen LogP contribution is 2.22. The van der Waals surface area contributed by atoms with Crippen molar-refractivity contribution in [3.63, 3.8) is 0 Å². The van der Waals surface area contributed by atoms with E-state index in [-0.39, 0.29) is 0 Å². The monoisotopic (exact) mass is 405 g/mol. The van der Waals surface area contributed by atoms with Crippen LogP contribution < -0.4 is 5.32 Å². The Morgan fingerprint density at radius 1 is 0.808 bits per heavy atom. The number of para-hydroxylation sites is 1. The number of nitrogens with one attached hydrogen (secondary N) is 1. The van der Waals surface area contributed by atoms with Gasteiger partial charge in [-0.25, -0.2) is 0 Å². The Labute approximate surface area is 159 Å². The van der Waals surface area contributed by atoms with Gasteiger partial charge in [-0.3, -0.25) is 0 Å². The molecule has 0 amide bonds. The van der Waals surface area contributed by atoms with Crippen LogP contribution in [-0.2, 0) is 6.54 Å². The van der Waals surface area contributed by atoms with Crippen LogP contribution in [0.2, 0.25) is 0 Å². The first-order chi connectivity index (χ1) is 12.8. The Balaban J connectivity index is 1.49. The van der Waals surface area contributed by atoms with Gasteiger partial charge >= 0.3 is 0 Å². The average Bonchev–Trinajstić information content (AvgIpc) is 3.16. The summed E-state index contributed by atoms with van der Waals surface area (Å²) in [7, 11) is 0. The number of benzene rings is 3. The first-order valence-corrected chi connectivity index (χ1v) is 9.02. The Kier molecular flexibility index (Phi) is 4.75. The molecular weight excluding hydrogens is 390 g/mol. The van der Waals surface area contributed by atoms with Gasteiger partial charge in [-0.15, -0.1) is 5.10 Å². The third-order valence-corrected chi connectivity index (χ3v) is 4.73. The van der Waals surface area contributed by atoms with E-state index in [1.54, 1.807) is 4.68 Å². The van der Waals surface area contributed by atoms with Crippen LogP contribution in [0.3, 0.4) is 0 Å². The molecule has 0 saturated heterocycles. The van der Waals surface area contributed by atoms with Crippen LogP contribution in [0.15, 0.2) is 83.3 Å². The fourth-order valence-electron chi connectivity index (χ4n) is 2.72. The van der Waals surface area contributed by atoms with Gasteiger partial charge in [0.15, 0.2) is 5.82 Å². The molecule has 3 aromatic carbocycles. The van der Waals surface area contributed by atoms with Crippen LogP contribution >= 0.6 is 15.9 Å². The average molecular weight is 406 g/mol. The predicted octanol–water partition coefficient (Wildman–Crippen LogP) is 4.70. The highest BCUT2D eigenvalue weighted by Gasteiger charge is 2.10. The minimum atomic E-state index is 0.527. The predicted molar refractivity (Wildman–Crippen MR) is 106 cm³/mol. The summed E-state index contributed by atoms with van der Waals surface area (Å²) in [6.45, 7) is 0.527. The third-order valence-electron chi connectivity index (χ3n) is 4.06. The summed E-state index contributed by atoms with van der Waals surface area (Å²) in [6, 6.07) is 26.5. The van der Waals surface area contributed by atoms with Gasteiger partial charge in [0.05, 0.1) is 12.2 Å². The van der Waals surface area contributed by atoms with E-state index in [1.165, 1.54) is 11.1 Å². The molecule has 0 bridgehead atoms. The zero-order valence-corrected chi connectivity index (χ0v) is 15.5. The molecule has 6 heteroatoms. The lowest BCUT2D eigenvalue weighted by molar-refractivity contribution is 0.765. The summed E-state index contributed by atoms with van der Waals surface area (Å²) >= 11 is 3.54. The van der Waals surface area contributed by atoms with Gasteiger partial charge in [0.1, 0.15) is 0 Å². The van der Waals surface area contributed by atoms with E-state index in [0.29, 0.717) is 6.54 Å². The molecule has 4 rings (SSSR count). The molecule has 1 N–H and O–H groups in total. The van der Waals surface area contributed by atoms with Crippen LogP contribution in [0.5, 0.6) is 0 Å². The fraction of sp³-hybridized carbons (Fsp3) is 0.0500. The number of hydrogen-bond donors (Lipinski definition) is 1. The molecule has 0 radical (unpaired) electrons. The van der Waals surface area contributed by atoms with Gasteiger partial charge in [-0.1, -0.05) is 54.6 Å². The SMILES string of the molecule is Brc1ccccc1-n1nnnc1CNc1ccc(-c2ccccc2)cc1. The number of tetrazole rings is 1. The number of aromatic nitrogens is 4. The van der Waals surface area contributed by atoms with Gasteiger partial charge in [-0.2, -0.15) is 4.68 Å². The molecule has 0 aliphatic carbocycles. The summed E-state index contributed by atoms with van der Waals surface area (Å²) in [6.07, 6.45) is 0. The number of anilines is 1. The Morgan fingerprint density at radius 2 is 1.50 bits per heavy atom. The van der Waals surface area contributed by atoms with E-state index in [2.05, 4.69) is 73.2 Å². The van der Waals surface area contributed by atoms with E-state index >= 15 is 0 Å². The minimum Gasteiger partial charge on any atom is -0.378 e. The van der Waals surface area contributed by atoms with Crippen LogP contribution in [0, 0.1) is 0 Å². The topological polar surface area (TPSA) is 55.6 Å². The number of hydrogen-bond acceptors (Lipinski definition) is 4. The summed E-state index contributed by atoms with van der Waals surface area (Å²) < 4.78 is 2.68. The van der Waals surface area contributed by atoms with Gasteiger partial charge in [0, 0.05) is 10.2 Å². The number of nitrogens with zero attached hydrogens (tertiary/aromatic N) is 4. The Hall–Kier alpha value is -2.99. The summed E-state index contributed by atoms with van der Waals surface area (Å²) in [5.41, 5.74) is 4.33. The maximum atomic E-state index is 4.13. The largest absolute Gasteiger partial charge is 0.378 e. The molecule has 5 nitrogen and oxygen atoms in total. The number of rotatable bonds is 5. The normalized spacial score (nSPS) is 10.7. The van der Waals surface area contributed by atoms with Gasteiger partial charge in [0.25, 0.3) is 0 Å². The maximum absolute atomic E-state index is 4.13. The van der Waals surface area contributed by atoms with Crippen molar-refractivity contribution in [2.24, 2.45) is 0 Å². The third kappa shape index (κ3) is 3.50. The molecular formula is C20H16BrN5. The second-order valence-corrected chi connectivity index (χ2v) is 6.61. The molecule has 0 aliphatic heterocycles. The summed E-state index contributed by atoms with van der Waals surface area (Å²) in [5, 5.41) is 15.4. The molecule has 26 heavy (non-hydrogen) atoms. The first kappa shape index (κ1) is 16.5. The second-order valence-electron chi connectivity index (χ2n) is 5.76. The van der Waals surface area contributed by atoms with Crippen molar-refractivity contribution in [1.29, 1.82) is 0 Å². The van der Waals surface area contributed by atoms with Crippen molar-refractivity contribution >= 4 is 21.6 Å². The summed E-state index contributed by atoms with van der Waals surface area (Å²) in [4.78, 5) is 0. The zero-order valence-electron chi connectivity index (χ0n) is 13.9. The fourth-order valence-corrected chi connectivity index (χ4v) is 3.17. The van der Waals surface area contributed by atoms with E-state index in [9.17, 15) is 0 Å². The standard InChI is InChI=1S/C20H16BrN5/c21-18-8-4-5-9-19(18)26-20(23-24-25-26)14-22-17-12-10-16(11-13-17)15-6-2-1-3-7-15/h1-13,22H,14H2. The zero-order chi connectivity index (χ0) is 17.8. The van der Waals surface area contributed by atoms with E-state index in [1.807, 2.05) is 42.5 Å². The number of halogens is 1. The van der Waals surface area contributed by atoms with Crippen molar-refractivity contribution < 1.29 is 0 Å². The quantitative estimate of drug-likeness (QED) is 0.522. The molecule has 0 saturated carbocycles. The molecule has 0 spiro atoms. The summed E-state index contributed by atoms with van der Waals surface area (Å²) in [5.74, 6) is 0.740. The highest BCUT2D eigenvalue weighted by atomic mass is 79.9. The highest BCUT2D eigenvalue weighted by molar-refractivity contribution is 9.10. The lowest BCUT2D eigenvalue weighted by Crippen LogP contribution is -2.09. The van der Waals surface area contributed by atoms with Crippen LogP contribution in [0.1, 0.15) is 5.82 Å². The lowest BCUT2D eigenvalue weighted by atomic mass is 10.1. The van der Waals surface area contributed by atoms with E-state index in [4.69, 9.17) is 0 Å². The maximum Gasteiger partial charge on any atom is 0.175 e.